The van der Waals surface area contributed by atoms with Gasteiger partial charge in [-0.15, -0.1) is 0 Å². The second-order valence-corrected chi connectivity index (χ2v) is 8.38. The van der Waals surface area contributed by atoms with Crippen LogP contribution in [-0.4, -0.2) is 41.4 Å². The molecule has 0 unspecified atom stereocenters. The van der Waals surface area contributed by atoms with E-state index < -0.39 is 52.4 Å². The van der Waals surface area contributed by atoms with Crippen molar-refractivity contribution in [2.24, 2.45) is 5.41 Å². The molecule has 0 radical (unpaired) electrons. The number of nitrogens with one attached hydrogen (secondary N) is 1. The van der Waals surface area contributed by atoms with Crippen LogP contribution in [0.25, 0.3) is 0 Å². The number of pyridine rings is 1. The molecule has 7 nitrogen and oxygen atoms in total. The van der Waals surface area contributed by atoms with Gasteiger partial charge in [-0.25, -0.2) is 4.98 Å². The molecule has 3 heterocycles. The summed E-state index contributed by atoms with van der Waals surface area (Å²) in [5, 5.41) is 22.1. The van der Waals surface area contributed by atoms with Crippen molar-refractivity contribution in [3.05, 3.63) is 53.2 Å². The fraction of sp³-hybridized carbons (Fsp3) is 0.409. The summed E-state index contributed by atoms with van der Waals surface area (Å²) in [6, 6.07) is 8.00. The molecule has 1 saturated carbocycles. The summed E-state index contributed by atoms with van der Waals surface area (Å²) in [7, 11) is 1.46. The Labute approximate surface area is 180 Å². The van der Waals surface area contributed by atoms with Crippen molar-refractivity contribution in [1.82, 2.24) is 4.98 Å². The zero-order valence-electron chi connectivity index (χ0n) is 16.8. The van der Waals surface area contributed by atoms with Crippen LogP contribution in [0.15, 0.2) is 36.5 Å². The predicted molar refractivity (Wildman–Crippen MR) is 104 cm³/mol. The topological polar surface area (TPSA) is 104 Å². The van der Waals surface area contributed by atoms with E-state index in [-0.39, 0.29) is 12.1 Å². The number of aromatic nitrogens is 1. The number of hydrogen-bond donors (Lipinski definition) is 2. The van der Waals surface area contributed by atoms with Crippen LogP contribution in [-0.2, 0) is 21.1 Å². The minimum absolute atomic E-state index is 0.0628. The Kier molecular flexibility index (Phi) is 4.32. The largest absolute Gasteiger partial charge is 0.481 e. The average molecular weight is 445 g/mol. The van der Waals surface area contributed by atoms with Gasteiger partial charge in [0.05, 0.1) is 48.0 Å². The predicted octanol–water partition coefficient (Wildman–Crippen LogP) is 2.78. The number of nitriles is 1. The minimum atomic E-state index is -4.74. The molecule has 166 valence electrons. The van der Waals surface area contributed by atoms with E-state index in [4.69, 9.17) is 14.7 Å². The normalized spacial score (nSPS) is 32.2. The third kappa shape index (κ3) is 2.61. The molecule has 2 bridgehead atoms. The molecule has 10 heteroatoms. The van der Waals surface area contributed by atoms with Gasteiger partial charge in [0.2, 0.25) is 11.8 Å². The van der Waals surface area contributed by atoms with Crippen molar-refractivity contribution in [2.75, 3.05) is 12.4 Å². The summed E-state index contributed by atoms with van der Waals surface area (Å²) in [5.74, 6) is -0.136. The number of carbonyl (C=O) groups is 1. The summed E-state index contributed by atoms with van der Waals surface area (Å²) in [5.41, 5.74) is -2.83. The van der Waals surface area contributed by atoms with Crippen LogP contribution in [0.4, 0.5) is 18.9 Å². The molecule has 2 aromatic rings. The highest BCUT2D eigenvalue weighted by atomic mass is 19.4. The summed E-state index contributed by atoms with van der Waals surface area (Å²) in [4.78, 5) is 17.5. The number of alkyl halides is 3. The van der Waals surface area contributed by atoms with Gasteiger partial charge < -0.3 is 19.9 Å². The number of rotatable bonds is 4. The van der Waals surface area contributed by atoms with E-state index in [1.807, 2.05) is 0 Å². The number of benzene rings is 1. The number of halogens is 3. The van der Waals surface area contributed by atoms with E-state index >= 15 is 0 Å². The maximum atomic E-state index is 13.5. The van der Waals surface area contributed by atoms with E-state index in [2.05, 4.69) is 10.3 Å². The number of aliphatic hydroxyl groups is 1. The van der Waals surface area contributed by atoms with Crippen LogP contribution < -0.4 is 10.1 Å². The highest BCUT2D eigenvalue weighted by Crippen LogP contribution is 2.77. The zero-order valence-corrected chi connectivity index (χ0v) is 16.8. The number of nitrogens with zero attached hydrogens (tertiary/aromatic N) is 2. The first-order valence-corrected chi connectivity index (χ1v) is 9.94. The first kappa shape index (κ1) is 20.7. The summed E-state index contributed by atoms with van der Waals surface area (Å²) in [6.07, 6.45) is -4.48. The van der Waals surface area contributed by atoms with Gasteiger partial charge in [-0.05, 0) is 36.2 Å². The molecule has 1 amide bonds. The molecule has 0 spiro atoms. The van der Waals surface area contributed by atoms with E-state index in [0.717, 1.165) is 17.7 Å². The smallest absolute Gasteiger partial charge is 0.417 e. The van der Waals surface area contributed by atoms with Gasteiger partial charge in [-0.2, -0.15) is 18.4 Å². The van der Waals surface area contributed by atoms with E-state index in [1.54, 1.807) is 18.3 Å². The first-order valence-electron chi connectivity index (χ1n) is 9.94. The number of methoxy groups -OCH3 is 1. The van der Waals surface area contributed by atoms with Gasteiger partial charge in [-0.1, -0.05) is 0 Å². The van der Waals surface area contributed by atoms with Crippen LogP contribution >= 0.6 is 0 Å². The number of ether oxygens (including phenoxy) is 2. The third-order valence-electron chi connectivity index (χ3n) is 6.95. The number of fused-ring (bicyclic) bond motifs is 5. The Hall–Kier alpha value is -3.16. The Balaban J connectivity index is 1.51. The molecule has 1 aromatic carbocycles. The average Bonchev–Trinajstić information content (AvgIpc) is 3.26. The van der Waals surface area contributed by atoms with Gasteiger partial charge in [-0.3, -0.25) is 4.79 Å². The summed E-state index contributed by atoms with van der Waals surface area (Å²) in [6.45, 7) is 0. The highest BCUT2D eigenvalue weighted by molar-refractivity contribution is 6.01. The fourth-order valence-electron chi connectivity index (χ4n) is 5.53. The molecule has 5 atom stereocenters. The van der Waals surface area contributed by atoms with Crippen LogP contribution in [0.3, 0.4) is 0 Å². The van der Waals surface area contributed by atoms with Crippen molar-refractivity contribution in [1.29, 1.82) is 5.26 Å². The molecule has 2 saturated heterocycles. The van der Waals surface area contributed by atoms with Crippen molar-refractivity contribution in [3.8, 4) is 11.9 Å². The lowest BCUT2D eigenvalue weighted by atomic mass is 9.74. The fourth-order valence-corrected chi connectivity index (χ4v) is 5.53. The van der Waals surface area contributed by atoms with Crippen LogP contribution in [0.1, 0.15) is 29.5 Å². The molecular formula is C22H18F3N3O4. The first-order chi connectivity index (χ1) is 15.2. The third-order valence-corrected chi connectivity index (χ3v) is 6.95. The molecule has 32 heavy (non-hydrogen) atoms. The Bertz CT molecular complexity index is 1160. The monoisotopic (exact) mass is 445 g/mol. The Morgan fingerprint density at radius 3 is 2.84 bits per heavy atom. The van der Waals surface area contributed by atoms with Crippen LogP contribution in [0, 0.1) is 16.7 Å². The van der Waals surface area contributed by atoms with Crippen molar-refractivity contribution < 1.29 is 32.5 Å². The lowest BCUT2D eigenvalue weighted by molar-refractivity contribution is -0.137. The minimum Gasteiger partial charge on any atom is -0.481 e. The number of aliphatic hydroxyl groups excluding tert-OH is 1. The number of carbonyl (C=O) groups excluding carboxylic acids is 1. The van der Waals surface area contributed by atoms with Crippen LogP contribution in [0.2, 0.25) is 0 Å². The maximum absolute atomic E-state index is 13.5. The second kappa shape index (κ2) is 6.67. The van der Waals surface area contributed by atoms with Crippen molar-refractivity contribution in [2.45, 2.75) is 42.7 Å². The molecule has 2 aliphatic heterocycles. The SMILES string of the molecule is COc1cc([C@@]23C[C@]2(C(=O)Nc2ccc(C#N)c(C(F)(F)F)c2)[C@H]2C[C@H](O)[C@@H]3O2)ccn1. The number of anilines is 1. The Morgan fingerprint density at radius 1 is 1.38 bits per heavy atom. The molecule has 3 fully saturated rings. The lowest BCUT2D eigenvalue weighted by Crippen LogP contribution is -2.44. The molecule has 1 aliphatic carbocycles. The summed E-state index contributed by atoms with van der Waals surface area (Å²) >= 11 is 0. The maximum Gasteiger partial charge on any atom is 0.417 e. The molecule has 5 rings (SSSR count). The van der Waals surface area contributed by atoms with E-state index in [0.29, 0.717) is 12.3 Å². The number of hydrogen-bond acceptors (Lipinski definition) is 6. The zero-order chi connectivity index (χ0) is 22.9. The molecular weight excluding hydrogens is 427 g/mol. The quantitative estimate of drug-likeness (QED) is 0.750. The van der Waals surface area contributed by atoms with Gasteiger partial charge in [0, 0.05) is 29.8 Å². The van der Waals surface area contributed by atoms with Gasteiger partial charge >= 0.3 is 6.18 Å². The molecule has 2 N–H and O–H groups in total. The summed E-state index contributed by atoms with van der Waals surface area (Å²) < 4.78 is 51.1. The van der Waals surface area contributed by atoms with E-state index in [9.17, 15) is 23.1 Å². The van der Waals surface area contributed by atoms with Gasteiger partial charge in [0.1, 0.15) is 0 Å². The Morgan fingerprint density at radius 2 is 2.16 bits per heavy atom. The van der Waals surface area contributed by atoms with E-state index in [1.165, 1.54) is 19.2 Å². The van der Waals surface area contributed by atoms with Gasteiger partial charge in [0.25, 0.3) is 0 Å². The molecule has 3 aliphatic rings. The standard InChI is InChI=1S/C22H18F3N3O4/c1-31-17-6-12(4-5-27-17)20-10-21(20,16-8-15(29)18(20)32-16)19(30)28-13-3-2-11(9-26)14(7-13)22(23,24)25/h2-7,15-16,18,29H,8,10H2,1H3,(H,28,30)/t15-,16+,18-,20+,21+/m0/s1. The molecule has 1 aromatic heterocycles. The lowest BCUT2D eigenvalue weighted by Gasteiger charge is -2.29. The second-order valence-electron chi connectivity index (χ2n) is 8.38. The van der Waals surface area contributed by atoms with Crippen molar-refractivity contribution >= 4 is 11.6 Å². The van der Waals surface area contributed by atoms with Crippen molar-refractivity contribution in [3.63, 3.8) is 0 Å². The van der Waals surface area contributed by atoms with Crippen LogP contribution in [0.5, 0.6) is 5.88 Å². The highest BCUT2D eigenvalue weighted by Gasteiger charge is 2.87. The van der Waals surface area contributed by atoms with Gasteiger partial charge in [0.15, 0.2) is 0 Å². The number of amides is 1.